The van der Waals surface area contributed by atoms with Crippen molar-refractivity contribution >= 4 is 5.91 Å². The molecule has 0 atom stereocenters. The van der Waals surface area contributed by atoms with Crippen LogP contribution in [0, 0.1) is 6.92 Å². The van der Waals surface area contributed by atoms with E-state index in [0.29, 0.717) is 13.1 Å². The average Bonchev–Trinajstić information content (AvgIpc) is 2.28. The first-order chi connectivity index (χ1) is 7.69. The maximum absolute atomic E-state index is 11.8. The number of nitrogens with one attached hydrogen (secondary N) is 1. The lowest BCUT2D eigenvalue weighted by molar-refractivity contribution is -0.130. The molecule has 0 heterocycles. The van der Waals surface area contributed by atoms with E-state index in [2.05, 4.69) is 24.4 Å². The van der Waals surface area contributed by atoms with Crippen LogP contribution in [0.4, 0.5) is 0 Å². The number of likely N-dealkylation sites (N-methyl/N-ethyl adjacent to an activating group) is 2. The lowest BCUT2D eigenvalue weighted by Crippen LogP contribution is -2.36. The summed E-state index contributed by atoms with van der Waals surface area (Å²) in [4.78, 5) is 13.6. The van der Waals surface area contributed by atoms with Gasteiger partial charge in [0.1, 0.15) is 0 Å². The van der Waals surface area contributed by atoms with Crippen molar-refractivity contribution in [1.29, 1.82) is 0 Å². The molecule has 1 rings (SSSR count). The third kappa shape index (κ3) is 3.35. The first-order valence-electron chi connectivity index (χ1n) is 5.66. The van der Waals surface area contributed by atoms with E-state index in [1.165, 1.54) is 11.1 Å². The molecule has 0 saturated carbocycles. The molecule has 3 heteroatoms. The van der Waals surface area contributed by atoms with E-state index in [-0.39, 0.29) is 5.91 Å². The smallest absolute Gasteiger partial charge is 0.236 e. The highest BCUT2D eigenvalue weighted by atomic mass is 16.2. The zero-order chi connectivity index (χ0) is 12.0. The zero-order valence-electron chi connectivity index (χ0n) is 10.3. The van der Waals surface area contributed by atoms with E-state index in [4.69, 9.17) is 0 Å². The highest BCUT2D eigenvalue weighted by molar-refractivity contribution is 5.78. The largest absolute Gasteiger partial charge is 0.338 e. The number of carbonyl (C=O) groups is 1. The molecule has 0 aliphatic carbocycles. The van der Waals surface area contributed by atoms with Gasteiger partial charge < -0.3 is 10.2 Å². The second-order valence-corrected chi connectivity index (χ2v) is 3.86. The quantitative estimate of drug-likeness (QED) is 0.817. The van der Waals surface area contributed by atoms with Crippen molar-refractivity contribution in [3.8, 4) is 0 Å². The predicted molar refractivity (Wildman–Crippen MR) is 66.2 cm³/mol. The van der Waals surface area contributed by atoms with Crippen molar-refractivity contribution in [3.05, 3.63) is 35.4 Å². The number of benzene rings is 1. The first-order valence-corrected chi connectivity index (χ1v) is 5.66. The molecule has 1 aromatic rings. The van der Waals surface area contributed by atoms with Crippen LogP contribution in [0.15, 0.2) is 24.3 Å². The van der Waals surface area contributed by atoms with E-state index < -0.39 is 0 Å². The van der Waals surface area contributed by atoms with Crippen LogP contribution in [0.2, 0.25) is 0 Å². The molecular weight excluding hydrogens is 200 g/mol. The second-order valence-electron chi connectivity index (χ2n) is 3.86. The summed E-state index contributed by atoms with van der Waals surface area (Å²) in [6, 6.07) is 8.18. The second kappa shape index (κ2) is 6.28. The molecule has 0 spiro atoms. The molecule has 3 nitrogen and oxygen atoms in total. The summed E-state index contributed by atoms with van der Waals surface area (Å²) < 4.78 is 0. The predicted octanol–water partition coefficient (Wildman–Crippen LogP) is 1.56. The van der Waals surface area contributed by atoms with Crippen LogP contribution in [0.3, 0.4) is 0 Å². The Morgan fingerprint density at radius 2 is 2.06 bits per heavy atom. The Balaban J connectivity index is 2.70. The summed E-state index contributed by atoms with van der Waals surface area (Å²) in [5.41, 5.74) is 2.45. The van der Waals surface area contributed by atoms with E-state index in [1.807, 2.05) is 24.0 Å². The van der Waals surface area contributed by atoms with Gasteiger partial charge in [-0.25, -0.2) is 0 Å². The van der Waals surface area contributed by atoms with Crippen molar-refractivity contribution in [2.24, 2.45) is 0 Å². The average molecular weight is 220 g/mol. The zero-order valence-corrected chi connectivity index (χ0v) is 10.3. The fourth-order valence-electron chi connectivity index (χ4n) is 1.63. The van der Waals surface area contributed by atoms with Crippen molar-refractivity contribution in [2.75, 3.05) is 20.1 Å². The van der Waals surface area contributed by atoms with E-state index in [9.17, 15) is 4.79 Å². The number of rotatable bonds is 5. The third-order valence-corrected chi connectivity index (χ3v) is 2.68. The van der Waals surface area contributed by atoms with Gasteiger partial charge in [-0.1, -0.05) is 24.3 Å². The minimum Gasteiger partial charge on any atom is -0.338 e. The van der Waals surface area contributed by atoms with Crippen LogP contribution >= 0.6 is 0 Å². The molecule has 88 valence electrons. The Bertz CT molecular complexity index is 350. The van der Waals surface area contributed by atoms with E-state index in [1.54, 1.807) is 7.05 Å². The lowest BCUT2D eigenvalue weighted by Gasteiger charge is -2.21. The van der Waals surface area contributed by atoms with Gasteiger partial charge in [-0.05, 0) is 32.0 Å². The number of hydrogen-bond donors (Lipinski definition) is 1. The van der Waals surface area contributed by atoms with Gasteiger partial charge in [0, 0.05) is 13.1 Å². The summed E-state index contributed by atoms with van der Waals surface area (Å²) in [5.74, 6) is 0.147. The minimum atomic E-state index is 0.147. The molecule has 0 saturated heterocycles. The molecule has 0 bridgehead atoms. The topological polar surface area (TPSA) is 32.3 Å². The summed E-state index contributed by atoms with van der Waals surface area (Å²) in [7, 11) is 1.79. The molecule has 0 unspecified atom stereocenters. The summed E-state index contributed by atoms with van der Waals surface area (Å²) in [5, 5.41) is 2.89. The fourth-order valence-corrected chi connectivity index (χ4v) is 1.63. The minimum absolute atomic E-state index is 0.147. The highest BCUT2D eigenvalue weighted by Gasteiger charge is 2.11. The Morgan fingerprint density at radius 3 is 2.62 bits per heavy atom. The Kier molecular flexibility index (Phi) is 4.99. The molecule has 0 radical (unpaired) electrons. The summed E-state index contributed by atoms with van der Waals surface area (Å²) in [6.45, 7) is 5.93. The van der Waals surface area contributed by atoms with Gasteiger partial charge >= 0.3 is 0 Å². The van der Waals surface area contributed by atoms with E-state index in [0.717, 1.165) is 6.54 Å². The van der Waals surface area contributed by atoms with Crippen LogP contribution in [-0.4, -0.2) is 30.9 Å². The molecule has 0 aliphatic rings. The molecule has 0 aromatic heterocycles. The van der Waals surface area contributed by atoms with Crippen LogP contribution in [0.1, 0.15) is 18.1 Å². The van der Waals surface area contributed by atoms with Crippen molar-refractivity contribution in [3.63, 3.8) is 0 Å². The van der Waals surface area contributed by atoms with Crippen LogP contribution in [0.5, 0.6) is 0 Å². The van der Waals surface area contributed by atoms with Crippen LogP contribution in [-0.2, 0) is 11.3 Å². The Hall–Kier alpha value is -1.35. The normalized spacial score (nSPS) is 10.2. The van der Waals surface area contributed by atoms with Gasteiger partial charge in [-0.15, -0.1) is 0 Å². The monoisotopic (exact) mass is 220 g/mol. The Morgan fingerprint density at radius 1 is 1.38 bits per heavy atom. The van der Waals surface area contributed by atoms with Crippen molar-refractivity contribution in [2.45, 2.75) is 20.4 Å². The van der Waals surface area contributed by atoms with Gasteiger partial charge in [-0.2, -0.15) is 0 Å². The third-order valence-electron chi connectivity index (χ3n) is 2.68. The van der Waals surface area contributed by atoms with Crippen LogP contribution < -0.4 is 5.32 Å². The number of nitrogens with zero attached hydrogens (tertiary/aromatic N) is 1. The molecule has 0 aliphatic heterocycles. The number of aryl methyl sites for hydroxylation is 1. The molecule has 1 aromatic carbocycles. The number of amides is 1. The standard InChI is InChI=1S/C13H20N2O/c1-4-15(13(16)9-14-3)10-12-8-6-5-7-11(12)2/h5-8,14H,4,9-10H2,1-3H3. The highest BCUT2D eigenvalue weighted by Crippen LogP contribution is 2.10. The number of carbonyl (C=O) groups excluding carboxylic acids is 1. The van der Waals surface area contributed by atoms with Crippen molar-refractivity contribution in [1.82, 2.24) is 10.2 Å². The van der Waals surface area contributed by atoms with E-state index >= 15 is 0 Å². The molecule has 1 N–H and O–H groups in total. The molecule has 0 fully saturated rings. The van der Waals surface area contributed by atoms with Crippen molar-refractivity contribution < 1.29 is 4.79 Å². The van der Waals surface area contributed by atoms with Gasteiger partial charge in [-0.3, -0.25) is 4.79 Å². The lowest BCUT2D eigenvalue weighted by atomic mass is 10.1. The van der Waals surface area contributed by atoms with Gasteiger partial charge in [0.2, 0.25) is 5.91 Å². The van der Waals surface area contributed by atoms with Crippen LogP contribution in [0.25, 0.3) is 0 Å². The van der Waals surface area contributed by atoms with Gasteiger partial charge in [0.25, 0.3) is 0 Å². The first kappa shape index (κ1) is 12.7. The fraction of sp³-hybridized carbons (Fsp3) is 0.462. The van der Waals surface area contributed by atoms with Gasteiger partial charge in [0.05, 0.1) is 6.54 Å². The summed E-state index contributed by atoms with van der Waals surface area (Å²) >= 11 is 0. The maximum Gasteiger partial charge on any atom is 0.236 e. The molecule has 1 amide bonds. The molecule has 16 heavy (non-hydrogen) atoms. The SMILES string of the molecule is CCN(Cc1ccccc1C)C(=O)CNC. The Labute approximate surface area is 97.5 Å². The molecular formula is C13H20N2O. The van der Waals surface area contributed by atoms with Gasteiger partial charge in [0.15, 0.2) is 0 Å². The maximum atomic E-state index is 11.8. The summed E-state index contributed by atoms with van der Waals surface area (Å²) in [6.07, 6.45) is 0. The number of hydrogen-bond acceptors (Lipinski definition) is 2.